The molecule has 1 fully saturated rings. The van der Waals surface area contributed by atoms with Crippen molar-refractivity contribution < 1.29 is 9.72 Å². The van der Waals surface area contributed by atoms with E-state index >= 15 is 0 Å². The van der Waals surface area contributed by atoms with Gasteiger partial charge < -0.3 is 0 Å². The van der Waals surface area contributed by atoms with Crippen molar-refractivity contribution in [3.63, 3.8) is 0 Å². The zero-order chi connectivity index (χ0) is 16.2. The molecule has 2 aromatic carbocycles. The van der Waals surface area contributed by atoms with Gasteiger partial charge in [-0.2, -0.15) is 5.10 Å². The van der Waals surface area contributed by atoms with Crippen molar-refractivity contribution in [2.75, 3.05) is 0 Å². The molecule has 0 saturated heterocycles. The normalized spacial score (nSPS) is 19.5. The lowest BCUT2D eigenvalue weighted by Gasteiger charge is -2.00. The second-order valence-electron chi connectivity index (χ2n) is 5.41. The number of hydrogen-bond donors (Lipinski definition) is 1. The van der Waals surface area contributed by atoms with Gasteiger partial charge in [0.2, 0.25) is 5.91 Å². The van der Waals surface area contributed by atoms with E-state index in [-0.39, 0.29) is 23.4 Å². The highest BCUT2D eigenvalue weighted by atomic mass is 16.6. The van der Waals surface area contributed by atoms with Crippen LogP contribution in [0.25, 0.3) is 0 Å². The first kappa shape index (κ1) is 14.9. The van der Waals surface area contributed by atoms with Gasteiger partial charge in [0.1, 0.15) is 0 Å². The molecule has 0 unspecified atom stereocenters. The molecule has 6 nitrogen and oxygen atoms in total. The number of nitrogens with zero attached hydrogens (tertiary/aromatic N) is 2. The zero-order valence-electron chi connectivity index (χ0n) is 12.3. The van der Waals surface area contributed by atoms with Crippen LogP contribution in [0.5, 0.6) is 0 Å². The molecule has 0 bridgehead atoms. The predicted octanol–water partition coefficient (Wildman–Crippen LogP) is 2.85. The molecule has 1 amide bonds. The Labute approximate surface area is 133 Å². The van der Waals surface area contributed by atoms with Crippen molar-refractivity contribution in [2.24, 2.45) is 11.0 Å². The maximum absolute atomic E-state index is 12.0. The third-order valence-electron chi connectivity index (χ3n) is 3.87. The van der Waals surface area contributed by atoms with Crippen molar-refractivity contribution in [1.82, 2.24) is 5.43 Å². The highest BCUT2D eigenvalue weighted by Crippen LogP contribution is 2.47. The van der Waals surface area contributed by atoms with E-state index < -0.39 is 4.92 Å². The third kappa shape index (κ3) is 3.42. The molecule has 0 heterocycles. The fourth-order valence-electron chi connectivity index (χ4n) is 2.56. The number of carbonyl (C=O) groups excluding carboxylic acids is 1. The summed E-state index contributed by atoms with van der Waals surface area (Å²) in [5.41, 5.74) is 3.93. The molecule has 1 N–H and O–H groups in total. The van der Waals surface area contributed by atoms with Crippen molar-refractivity contribution in [3.8, 4) is 0 Å². The van der Waals surface area contributed by atoms with E-state index in [2.05, 4.69) is 10.5 Å². The van der Waals surface area contributed by atoms with Gasteiger partial charge in [0.15, 0.2) is 0 Å². The molecule has 1 aliphatic rings. The molecule has 2 atom stereocenters. The molecule has 1 aliphatic carbocycles. The van der Waals surface area contributed by atoms with Gasteiger partial charge in [-0.1, -0.05) is 42.5 Å². The average molecular weight is 309 g/mol. The van der Waals surface area contributed by atoms with E-state index in [1.807, 2.05) is 30.3 Å². The van der Waals surface area contributed by atoms with E-state index in [1.165, 1.54) is 12.3 Å². The van der Waals surface area contributed by atoms with Gasteiger partial charge >= 0.3 is 0 Å². The summed E-state index contributed by atoms with van der Waals surface area (Å²) in [7, 11) is 0. The zero-order valence-corrected chi connectivity index (χ0v) is 12.3. The van der Waals surface area contributed by atoms with Crippen LogP contribution in [0.2, 0.25) is 0 Å². The first-order valence-corrected chi connectivity index (χ1v) is 7.28. The van der Waals surface area contributed by atoms with E-state index in [9.17, 15) is 14.9 Å². The lowest BCUT2D eigenvalue weighted by atomic mass is 10.1. The predicted molar refractivity (Wildman–Crippen MR) is 86.1 cm³/mol. The van der Waals surface area contributed by atoms with Crippen LogP contribution >= 0.6 is 0 Å². The lowest BCUT2D eigenvalue weighted by Crippen LogP contribution is -2.20. The van der Waals surface area contributed by atoms with Crippen LogP contribution in [0.4, 0.5) is 5.69 Å². The minimum atomic E-state index is -0.477. The number of para-hydroxylation sites is 1. The number of hydrogen-bond acceptors (Lipinski definition) is 4. The fraction of sp³-hybridized carbons (Fsp3) is 0.176. The topological polar surface area (TPSA) is 84.6 Å². The molecule has 0 aliphatic heterocycles. The summed E-state index contributed by atoms with van der Waals surface area (Å²) >= 11 is 0. The fourth-order valence-corrected chi connectivity index (χ4v) is 2.56. The van der Waals surface area contributed by atoms with Gasteiger partial charge in [0.25, 0.3) is 5.69 Å². The van der Waals surface area contributed by atoms with E-state index in [0.29, 0.717) is 5.56 Å². The van der Waals surface area contributed by atoms with Crippen molar-refractivity contribution in [2.45, 2.75) is 12.3 Å². The number of benzene rings is 2. The largest absolute Gasteiger partial charge is 0.278 e. The number of amides is 1. The standard InChI is InChI=1S/C17H15N3O3/c21-17(15-10-14(15)12-6-2-1-3-7-12)19-18-11-13-8-4-5-9-16(13)20(22)23/h1-9,11,14-15H,10H2,(H,19,21)/b18-11-/t14-,15-/m0/s1. The van der Waals surface area contributed by atoms with Crippen LogP contribution in [0.3, 0.4) is 0 Å². The minimum absolute atomic E-state index is 0.0425. The van der Waals surface area contributed by atoms with Crippen LogP contribution in [-0.4, -0.2) is 17.0 Å². The number of hydrazone groups is 1. The van der Waals surface area contributed by atoms with Crippen LogP contribution in [0, 0.1) is 16.0 Å². The van der Waals surface area contributed by atoms with Crippen LogP contribution in [0.1, 0.15) is 23.5 Å². The second-order valence-corrected chi connectivity index (χ2v) is 5.41. The van der Waals surface area contributed by atoms with Gasteiger partial charge in [0.05, 0.1) is 16.7 Å². The van der Waals surface area contributed by atoms with Gasteiger partial charge in [0, 0.05) is 12.0 Å². The van der Waals surface area contributed by atoms with Crippen LogP contribution in [0.15, 0.2) is 59.7 Å². The molecule has 2 aromatic rings. The van der Waals surface area contributed by atoms with E-state index in [0.717, 1.165) is 12.0 Å². The molecule has 0 spiro atoms. The van der Waals surface area contributed by atoms with Gasteiger partial charge in [-0.25, -0.2) is 5.43 Å². The maximum Gasteiger partial charge on any atom is 0.278 e. The summed E-state index contributed by atoms with van der Waals surface area (Å²) < 4.78 is 0. The summed E-state index contributed by atoms with van der Waals surface area (Å²) in [6.07, 6.45) is 2.10. The lowest BCUT2D eigenvalue weighted by molar-refractivity contribution is -0.385. The Balaban J connectivity index is 1.59. The summed E-state index contributed by atoms with van der Waals surface area (Å²) in [5.74, 6) is -0.00791. The molecule has 0 aromatic heterocycles. The summed E-state index contributed by atoms with van der Waals surface area (Å²) in [4.78, 5) is 22.5. The smallest absolute Gasteiger partial charge is 0.273 e. The first-order valence-electron chi connectivity index (χ1n) is 7.28. The number of carbonyl (C=O) groups is 1. The van der Waals surface area contributed by atoms with Gasteiger partial charge in [-0.15, -0.1) is 0 Å². The highest BCUT2D eigenvalue weighted by Gasteiger charge is 2.43. The Morgan fingerprint density at radius 1 is 1.17 bits per heavy atom. The van der Waals surface area contributed by atoms with Crippen molar-refractivity contribution in [1.29, 1.82) is 0 Å². The Hall–Kier alpha value is -3.02. The SMILES string of the molecule is O=C(N/N=C\c1ccccc1[N+](=O)[O-])[C@H]1C[C@H]1c1ccccc1. The summed E-state index contributed by atoms with van der Waals surface area (Å²) in [6.45, 7) is 0. The number of rotatable bonds is 5. The number of nitro benzene ring substituents is 1. The molecular weight excluding hydrogens is 294 g/mol. The number of nitrogens with one attached hydrogen (secondary N) is 1. The molecule has 0 radical (unpaired) electrons. The van der Waals surface area contributed by atoms with E-state index in [1.54, 1.807) is 18.2 Å². The quantitative estimate of drug-likeness (QED) is 0.523. The Morgan fingerprint density at radius 3 is 2.61 bits per heavy atom. The molecule has 6 heteroatoms. The van der Waals surface area contributed by atoms with Crippen molar-refractivity contribution >= 4 is 17.8 Å². The van der Waals surface area contributed by atoms with Gasteiger partial charge in [-0.3, -0.25) is 14.9 Å². The third-order valence-corrected chi connectivity index (χ3v) is 3.87. The highest BCUT2D eigenvalue weighted by molar-refractivity contribution is 5.88. The molecular formula is C17H15N3O3. The van der Waals surface area contributed by atoms with Crippen LogP contribution in [-0.2, 0) is 4.79 Å². The van der Waals surface area contributed by atoms with Gasteiger partial charge in [-0.05, 0) is 24.0 Å². The summed E-state index contributed by atoms with van der Waals surface area (Å²) in [6, 6.07) is 16.1. The molecule has 116 valence electrons. The monoisotopic (exact) mass is 309 g/mol. The Bertz CT molecular complexity index is 759. The molecule has 1 saturated carbocycles. The summed E-state index contributed by atoms with van der Waals surface area (Å²) in [5, 5.41) is 14.7. The van der Waals surface area contributed by atoms with Crippen molar-refractivity contribution in [3.05, 3.63) is 75.8 Å². The van der Waals surface area contributed by atoms with E-state index in [4.69, 9.17) is 0 Å². The second kappa shape index (κ2) is 6.39. The van der Waals surface area contributed by atoms with Crippen LogP contribution < -0.4 is 5.43 Å². The molecule has 3 rings (SSSR count). The Kier molecular flexibility index (Phi) is 4.14. The molecule has 23 heavy (non-hydrogen) atoms. The minimum Gasteiger partial charge on any atom is -0.273 e. The Morgan fingerprint density at radius 2 is 1.87 bits per heavy atom. The maximum atomic E-state index is 12.0. The number of nitro groups is 1. The average Bonchev–Trinajstić information content (AvgIpc) is 3.36. The first-order chi connectivity index (χ1) is 11.2.